The molecule has 3 nitrogen and oxygen atoms in total. The Morgan fingerprint density at radius 1 is 1.29 bits per heavy atom. The van der Waals surface area contributed by atoms with Gasteiger partial charge >= 0.3 is 0 Å². The van der Waals surface area contributed by atoms with Gasteiger partial charge in [0.25, 0.3) is 0 Å². The molecule has 0 unspecified atom stereocenters. The topological polar surface area (TPSA) is 46.2 Å². The maximum atomic E-state index is 13.1. The summed E-state index contributed by atoms with van der Waals surface area (Å²) in [7, 11) is 0. The summed E-state index contributed by atoms with van der Waals surface area (Å²) < 4.78 is 23.5. The molecule has 1 heterocycles. The Kier molecular flexibility index (Phi) is 3.53. The number of halogens is 1. The van der Waals surface area contributed by atoms with Crippen LogP contribution in [0.2, 0.25) is 0 Å². The molecule has 0 aliphatic heterocycles. The SMILES string of the molecule is N#Cc1cc(F)cc(COCc2ccco2)c1. The summed E-state index contributed by atoms with van der Waals surface area (Å²) in [5, 5.41) is 8.69. The van der Waals surface area contributed by atoms with E-state index in [2.05, 4.69) is 0 Å². The summed E-state index contributed by atoms with van der Waals surface area (Å²) in [6.07, 6.45) is 1.56. The van der Waals surface area contributed by atoms with Gasteiger partial charge in [0.05, 0.1) is 24.5 Å². The smallest absolute Gasteiger partial charge is 0.129 e. The van der Waals surface area contributed by atoms with E-state index in [0.717, 1.165) is 0 Å². The number of hydrogen-bond donors (Lipinski definition) is 0. The van der Waals surface area contributed by atoms with Crippen LogP contribution < -0.4 is 0 Å². The summed E-state index contributed by atoms with van der Waals surface area (Å²) in [6.45, 7) is 0.568. The van der Waals surface area contributed by atoms with Gasteiger partial charge in [-0.25, -0.2) is 4.39 Å². The normalized spacial score (nSPS) is 10.1. The van der Waals surface area contributed by atoms with E-state index in [-0.39, 0.29) is 6.61 Å². The number of rotatable bonds is 4. The van der Waals surface area contributed by atoms with Crippen LogP contribution in [0.5, 0.6) is 0 Å². The predicted octanol–water partition coefficient (Wildman–Crippen LogP) is 3.01. The number of furan rings is 1. The van der Waals surface area contributed by atoms with Crippen LogP contribution in [0, 0.1) is 17.1 Å². The van der Waals surface area contributed by atoms with E-state index in [4.69, 9.17) is 14.4 Å². The highest BCUT2D eigenvalue weighted by molar-refractivity contribution is 5.33. The molecular weight excluding hydrogens is 221 g/mol. The number of ether oxygens (including phenoxy) is 1. The minimum Gasteiger partial charge on any atom is -0.467 e. The third-order valence-corrected chi connectivity index (χ3v) is 2.18. The second-order valence-corrected chi connectivity index (χ2v) is 3.53. The summed E-state index contributed by atoms with van der Waals surface area (Å²) in [5.41, 5.74) is 0.926. The van der Waals surface area contributed by atoms with Gasteiger partial charge in [0.2, 0.25) is 0 Å². The quantitative estimate of drug-likeness (QED) is 0.812. The first kappa shape index (κ1) is 11.4. The molecule has 0 aliphatic rings. The number of hydrogen-bond acceptors (Lipinski definition) is 3. The molecule has 4 heteroatoms. The van der Waals surface area contributed by atoms with Crippen LogP contribution >= 0.6 is 0 Å². The van der Waals surface area contributed by atoms with Crippen LogP contribution in [0.15, 0.2) is 41.0 Å². The van der Waals surface area contributed by atoms with E-state index in [1.54, 1.807) is 24.5 Å². The van der Waals surface area contributed by atoms with Crippen LogP contribution in [0.25, 0.3) is 0 Å². The molecule has 2 aromatic rings. The molecule has 0 fully saturated rings. The number of benzene rings is 1. The van der Waals surface area contributed by atoms with Gasteiger partial charge in [-0.3, -0.25) is 0 Å². The number of nitriles is 1. The molecule has 0 aliphatic carbocycles. The Labute approximate surface area is 98.0 Å². The zero-order valence-electron chi connectivity index (χ0n) is 9.02. The van der Waals surface area contributed by atoms with Crippen LogP contribution in [-0.2, 0) is 18.0 Å². The molecule has 0 atom stereocenters. The van der Waals surface area contributed by atoms with Crippen molar-refractivity contribution in [1.82, 2.24) is 0 Å². The Morgan fingerprint density at radius 2 is 2.18 bits per heavy atom. The van der Waals surface area contributed by atoms with E-state index in [0.29, 0.717) is 23.5 Å². The molecule has 86 valence electrons. The van der Waals surface area contributed by atoms with Gasteiger partial charge in [-0.15, -0.1) is 0 Å². The lowest BCUT2D eigenvalue weighted by Crippen LogP contribution is -1.94. The van der Waals surface area contributed by atoms with Crippen molar-refractivity contribution in [2.24, 2.45) is 0 Å². The highest BCUT2D eigenvalue weighted by atomic mass is 19.1. The first-order valence-electron chi connectivity index (χ1n) is 5.07. The lowest BCUT2D eigenvalue weighted by molar-refractivity contribution is 0.0927. The molecule has 1 aromatic carbocycles. The van der Waals surface area contributed by atoms with Crippen molar-refractivity contribution in [3.8, 4) is 6.07 Å². The molecule has 0 saturated carbocycles. The van der Waals surface area contributed by atoms with Crippen molar-refractivity contribution in [2.45, 2.75) is 13.2 Å². The maximum absolute atomic E-state index is 13.1. The molecule has 2 rings (SSSR count). The van der Waals surface area contributed by atoms with Crippen molar-refractivity contribution < 1.29 is 13.5 Å². The molecule has 0 spiro atoms. The van der Waals surface area contributed by atoms with Crippen molar-refractivity contribution in [3.63, 3.8) is 0 Å². The Bertz CT molecular complexity index is 529. The fourth-order valence-electron chi connectivity index (χ4n) is 1.46. The summed E-state index contributed by atoms with van der Waals surface area (Å²) in [4.78, 5) is 0. The molecule has 0 N–H and O–H groups in total. The van der Waals surface area contributed by atoms with Gasteiger partial charge in [0, 0.05) is 0 Å². The van der Waals surface area contributed by atoms with Crippen LogP contribution in [0.4, 0.5) is 4.39 Å². The lowest BCUT2D eigenvalue weighted by atomic mass is 10.1. The van der Waals surface area contributed by atoms with Gasteiger partial charge in [-0.05, 0) is 35.9 Å². The predicted molar refractivity (Wildman–Crippen MR) is 58.3 cm³/mol. The minimum atomic E-state index is -0.430. The van der Waals surface area contributed by atoms with E-state index < -0.39 is 5.82 Å². The minimum absolute atomic E-state index is 0.243. The van der Waals surface area contributed by atoms with Crippen molar-refractivity contribution >= 4 is 0 Å². The maximum Gasteiger partial charge on any atom is 0.129 e. The van der Waals surface area contributed by atoms with Gasteiger partial charge in [-0.1, -0.05) is 0 Å². The fraction of sp³-hybridized carbons (Fsp3) is 0.154. The molecule has 0 bridgehead atoms. The van der Waals surface area contributed by atoms with E-state index in [1.165, 1.54) is 12.1 Å². The highest BCUT2D eigenvalue weighted by Gasteiger charge is 2.02. The molecular formula is C13H10FNO2. The molecule has 0 amide bonds. The van der Waals surface area contributed by atoms with Gasteiger partial charge in [0.1, 0.15) is 18.2 Å². The van der Waals surface area contributed by atoms with Gasteiger partial charge in [-0.2, -0.15) is 5.26 Å². The van der Waals surface area contributed by atoms with E-state index in [1.807, 2.05) is 6.07 Å². The van der Waals surface area contributed by atoms with Gasteiger partial charge < -0.3 is 9.15 Å². The summed E-state index contributed by atoms with van der Waals surface area (Å²) in [5.74, 6) is 0.280. The second kappa shape index (κ2) is 5.28. The third kappa shape index (κ3) is 3.16. The average Bonchev–Trinajstić information content (AvgIpc) is 2.81. The van der Waals surface area contributed by atoms with Crippen LogP contribution in [0.3, 0.4) is 0 Å². The zero-order chi connectivity index (χ0) is 12.1. The number of nitrogens with zero attached hydrogens (tertiary/aromatic N) is 1. The fourth-order valence-corrected chi connectivity index (χ4v) is 1.46. The van der Waals surface area contributed by atoms with Crippen LogP contribution in [-0.4, -0.2) is 0 Å². The lowest BCUT2D eigenvalue weighted by Gasteiger charge is -2.03. The molecule has 0 saturated heterocycles. The monoisotopic (exact) mass is 231 g/mol. The summed E-state index contributed by atoms with van der Waals surface area (Å²) in [6, 6.07) is 9.61. The zero-order valence-corrected chi connectivity index (χ0v) is 9.02. The van der Waals surface area contributed by atoms with Gasteiger partial charge in [0.15, 0.2) is 0 Å². The third-order valence-electron chi connectivity index (χ3n) is 2.18. The van der Waals surface area contributed by atoms with E-state index >= 15 is 0 Å². The van der Waals surface area contributed by atoms with Crippen molar-refractivity contribution in [1.29, 1.82) is 5.26 Å². The standard InChI is InChI=1S/C13H10FNO2/c14-12-5-10(7-15)4-11(6-12)8-16-9-13-2-1-3-17-13/h1-6H,8-9H2. The van der Waals surface area contributed by atoms with Crippen LogP contribution in [0.1, 0.15) is 16.9 Å². The molecule has 17 heavy (non-hydrogen) atoms. The van der Waals surface area contributed by atoms with Crippen molar-refractivity contribution in [2.75, 3.05) is 0 Å². The van der Waals surface area contributed by atoms with E-state index in [9.17, 15) is 4.39 Å². The first-order valence-corrected chi connectivity index (χ1v) is 5.07. The first-order chi connectivity index (χ1) is 8.28. The second-order valence-electron chi connectivity index (χ2n) is 3.53. The Morgan fingerprint density at radius 3 is 2.88 bits per heavy atom. The summed E-state index contributed by atoms with van der Waals surface area (Å²) >= 11 is 0. The Hall–Kier alpha value is -2.12. The molecule has 1 aromatic heterocycles. The Balaban J connectivity index is 1.95. The van der Waals surface area contributed by atoms with Crippen molar-refractivity contribution in [3.05, 3.63) is 59.3 Å². The highest BCUT2D eigenvalue weighted by Crippen LogP contribution is 2.11. The largest absolute Gasteiger partial charge is 0.467 e. The average molecular weight is 231 g/mol. The molecule has 0 radical (unpaired) electrons.